The molecule has 1 aromatic rings. The summed E-state index contributed by atoms with van der Waals surface area (Å²) in [6.07, 6.45) is 6.75. The van der Waals surface area contributed by atoms with Crippen molar-refractivity contribution >= 4 is 5.97 Å². The first-order chi connectivity index (χ1) is 8.97. The molecule has 0 aliphatic heterocycles. The summed E-state index contributed by atoms with van der Waals surface area (Å²) in [6.45, 7) is 5.86. The highest BCUT2D eigenvalue weighted by Gasteiger charge is 2.29. The van der Waals surface area contributed by atoms with E-state index < -0.39 is 11.4 Å². The number of aliphatic carboxylic acids is 1. The predicted octanol–water partition coefficient (Wildman–Crippen LogP) is 2.30. The lowest BCUT2D eigenvalue weighted by molar-refractivity contribution is -0.147. The summed E-state index contributed by atoms with van der Waals surface area (Å²) in [5, 5.41) is 20.7. The van der Waals surface area contributed by atoms with E-state index in [1.807, 2.05) is 0 Å². The Kier molecular flexibility index (Phi) is 5.92. The standard InChI is InChI=1S/C13H24N4O2/c1-4-5-6-7-8-9-11-14-15-16-17(11)10-13(2,3)12(18)19/h4-10H2,1-3H3,(H,18,19). The van der Waals surface area contributed by atoms with E-state index in [1.54, 1.807) is 18.5 Å². The van der Waals surface area contributed by atoms with Crippen molar-refractivity contribution < 1.29 is 9.90 Å². The van der Waals surface area contributed by atoms with Crippen LogP contribution in [0.5, 0.6) is 0 Å². The zero-order valence-corrected chi connectivity index (χ0v) is 12.1. The lowest BCUT2D eigenvalue weighted by Gasteiger charge is -2.19. The molecule has 19 heavy (non-hydrogen) atoms. The molecule has 0 saturated carbocycles. The van der Waals surface area contributed by atoms with Crippen LogP contribution in [0.3, 0.4) is 0 Å². The van der Waals surface area contributed by atoms with Gasteiger partial charge < -0.3 is 5.11 Å². The van der Waals surface area contributed by atoms with Crippen LogP contribution < -0.4 is 0 Å². The Labute approximate surface area is 114 Å². The monoisotopic (exact) mass is 268 g/mol. The quantitative estimate of drug-likeness (QED) is 0.695. The fourth-order valence-corrected chi connectivity index (χ4v) is 1.85. The van der Waals surface area contributed by atoms with Gasteiger partial charge in [0, 0.05) is 6.42 Å². The smallest absolute Gasteiger partial charge is 0.310 e. The van der Waals surface area contributed by atoms with Gasteiger partial charge in [-0.25, -0.2) is 4.68 Å². The van der Waals surface area contributed by atoms with Crippen LogP contribution in [0.2, 0.25) is 0 Å². The van der Waals surface area contributed by atoms with Crippen LogP contribution in [0.1, 0.15) is 58.7 Å². The minimum atomic E-state index is -0.855. The van der Waals surface area contributed by atoms with E-state index >= 15 is 0 Å². The van der Waals surface area contributed by atoms with Crippen LogP contribution in [-0.4, -0.2) is 31.3 Å². The van der Waals surface area contributed by atoms with Crippen molar-refractivity contribution in [2.24, 2.45) is 5.41 Å². The number of carbonyl (C=O) groups is 1. The average molecular weight is 268 g/mol. The molecule has 0 amide bonds. The second-order valence-electron chi connectivity index (χ2n) is 5.61. The fraction of sp³-hybridized carbons (Fsp3) is 0.846. The van der Waals surface area contributed by atoms with E-state index in [2.05, 4.69) is 22.4 Å². The number of aryl methyl sites for hydroxylation is 1. The Morgan fingerprint density at radius 1 is 1.26 bits per heavy atom. The van der Waals surface area contributed by atoms with Crippen molar-refractivity contribution in [1.29, 1.82) is 0 Å². The van der Waals surface area contributed by atoms with Crippen LogP contribution in [0.25, 0.3) is 0 Å². The molecule has 6 heteroatoms. The maximum atomic E-state index is 11.1. The van der Waals surface area contributed by atoms with Crippen molar-refractivity contribution in [1.82, 2.24) is 20.2 Å². The van der Waals surface area contributed by atoms with Crippen molar-refractivity contribution in [2.45, 2.75) is 65.8 Å². The number of carboxylic acid groups (broad SMARTS) is 1. The first-order valence-electron chi connectivity index (χ1n) is 6.96. The second kappa shape index (κ2) is 7.21. The summed E-state index contributed by atoms with van der Waals surface area (Å²) in [4.78, 5) is 11.1. The third-order valence-corrected chi connectivity index (χ3v) is 3.23. The molecule has 0 spiro atoms. The summed E-state index contributed by atoms with van der Waals surface area (Å²) >= 11 is 0. The first kappa shape index (κ1) is 15.6. The maximum absolute atomic E-state index is 11.1. The average Bonchev–Trinajstić information content (AvgIpc) is 2.75. The fourth-order valence-electron chi connectivity index (χ4n) is 1.85. The highest BCUT2D eigenvalue weighted by atomic mass is 16.4. The number of hydrogen-bond acceptors (Lipinski definition) is 4. The molecule has 1 N–H and O–H groups in total. The number of rotatable bonds is 9. The molecule has 0 aliphatic carbocycles. The van der Waals surface area contributed by atoms with Gasteiger partial charge in [-0.3, -0.25) is 4.79 Å². The van der Waals surface area contributed by atoms with Crippen molar-refractivity contribution in [3.63, 3.8) is 0 Å². The summed E-state index contributed by atoms with van der Waals surface area (Å²) in [5.41, 5.74) is -0.855. The molecular formula is C13H24N4O2. The van der Waals surface area contributed by atoms with E-state index in [9.17, 15) is 4.79 Å². The summed E-state index contributed by atoms with van der Waals surface area (Å²) in [5.74, 6) is -0.0530. The van der Waals surface area contributed by atoms with Crippen molar-refractivity contribution in [3.8, 4) is 0 Å². The van der Waals surface area contributed by atoms with E-state index in [-0.39, 0.29) is 0 Å². The van der Waals surface area contributed by atoms with Gasteiger partial charge in [0.05, 0.1) is 12.0 Å². The number of carboxylic acids is 1. The molecule has 0 aromatic carbocycles. The van der Waals surface area contributed by atoms with Crippen LogP contribution in [0, 0.1) is 5.41 Å². The van der Waals surface area contributed by atoms with E-state index in [0.717, 1.165) is 18.7 Å². The van der Waals surface area contributed by atoms with Crippen LogP contribution in [0.15, 0.2) is 0 Å². The van der Waals surface area contributed by atoms with E-state index in [1.165, 1.54) is 25.7 Å². The topological polar surface area (TPSA) is 80.9 Å². The predicted molar refractivity (Wildman–Crippen MR) is 71.7 cm³/mol. The zero-order chi connectivity index (χ0) is 14.3. The molecule has 0 aliphatic rings. The van der Waals surface area contributed by atoms with Crippen LogP contribution >= 0.6 is 0 Å². The molecule has 1 aromatic heterocycles. The van der Waals surface area contributed by atoms with Gasteiger partial charge in [-0.05, 0) is 30.7 Å². The number of nitrogens with zero attached hydrogens (tertiary/aromatic N) is 4. The molecule has 1 heterocycles. The number of hydrogen-bond donors (Lipinski definition) is 1. The van der Waals surface area contributed by atoms with Gasteiger partial charge in [0.25, 0.3) is 0 Å². The van der Waals surface area contributed by atoms with Gasteiger partial charge in [-0.15, -0.1) is 5.10 Å². The largest absolute Gasteiger partial charge is 0.481 e. The second-order valence-corrected chi connectivity index (χ2v) is 5.61. The Hall–Kier alpha value is -1.46. The van der Waals surface area contributed by atoms with Crippen molar-refractivity contribution in [3.05, 3.63) is 5.82 Å². The Bertz CT molecular complexity index is 401. The van der Waals surface area contributed by atoms with Crippen molar-refractivity contribution in [2.75, 3.05) is 0 Å². The SMILES string of the molecule is CCCCCCCc1nnnn1CC(C)(C)C(=O)O. The maximum Gasteiger partial charge on any atom is 0.310 e. The molecule has 0 unspecified atom stereocenters. The number of unbranched alkanes of at least 4 members (excludes halogenated alkanes) is 4. The number of tetrazole rings is 1. The zero-order valence-electron chi connectivity index (χ0n) is 12.1. The summed E-state index contributed by atoms with van der Waals surface area (Å²) < 4.78 is 1.62. The Morgan fingerprint density at radius 3 is 2.58 bits per heavy atom. The molecule has 0 atom stereocenters. The van der Waals surface area contributed by atoms with Crippen LogP contribution in [0.4, 0.5) is 0 Å². The molecule has 0 radical (unpaired) electrons. The minimum absolute atomic E-state index is 0.305. The van der Waals surface area contributed by atoms with E-state index in [0.29, 0.717) is 6.54 Å². The van der Waals surface area contributed by atoms with Gasteiger partial charge in [-0.1, -0.05) is 32.6 Å². The van der Waals surface area contributed by atoms with Gasteiger partial charge in [-0.2, -0.15) is 0 Å². The highest BCUT2D eigenvalue weighted by molar-refractivity contribution is 5.73. The van der Waals surface area contributed by atoms with Gasteiger partial charge in [0.1, 0.15) is 0 Å². The molecular weight excluding hydrogens is 244 g/mol. The highest BCUT2D eigenvalue weighted by Crippen LogP contribution is 2.18. The third kappa shape index (κ3) is 4.96. The lowest BCUT2D eigenvalue weighted by Crippen LogP contribution is -2.30. The van der Waals surface area contributed by atoms with Gasteiger partial charge in [0.15, 0.2) is 5.82 Å². The molecule has 108 valence electrons. The van der Waals surface area contributed by atoms with Gasteiger partial charge in [0.2, 0.25) is 0 Å². The Balaban J connectivity index is 2.49. The lowest BCUT2D eigenvalue weighted by atomic mass is 9.94. The first-order valence-corrected chi connectivity index (χ1v) is 6.96. The molecule has 0 bridgehead atoms. The Morgan fingerprint density at radius 2 is 1.95 bits per heavy atom. The van der Waals surface area contributed by atoms with E-state index in [4.69, 9.17) is 5.11 Å². The normalized spacial score (nSPS) is 11.7. The minimum Gasteiger partial charge on any atom is -0.481 e. The molecule has 6 nitrogen and oxygen atoms in total. The molecule has 1 rings (SSSR count). The molecule has 0 saturated heterocycles. The number of aromatic nitrogens is 4. The summed E-state index contributed by atoms with van der Waals surface area (Å²) in [7, 11) is 0. The summed E-state index contributed by atoms with van der Waals surface area (Å²) in [6, 6.07) is 0. The third-order valence-electron chi connectivity index (χ3n) is 3.23. The molecule has 0 fully saturated rings. The van der Waals surface area contributed by atoms with Gasteiger partial charge >= 0.3 is 5.97 Å². The van der Waals surface area contributed by atoms with Crippen LogP contribution in [-0.2, 0) is 17.8 Å².